The predicted octanol–water partition coefficient (Wildman–Crippen LogP) is 4.88. The SMILES string of the molecule is COc1ccc2c(C)cc3nnc(SCC(=O)c4cc(C)n(-c5cc(C)on5)c4C)n3c2c1. The van der Waals surface area contributed by atoms with E-state index < -0.39 is 0 Å². The number of aryl methyl sites for hydroxylation is 3. The maximum absolute atomic E-state index is 13.2. The van der Waals surface area contributed by atoms with Crippen LogP contribution in [0.4, 0.5) is 0 Å². The molecule has 0 fully saturated rings. The third-order valence-electron chi connectivity index (χ3n) is 5.78. The van der Waals surface area contributed by atoms with E-state index in [-0.39, 0.29) is 11.5 Å². The fourth-order valence-electron chi connectivity index (χ4n) is 4.19. The number of ether oxygens (including phenoxy) is 1. The van der Waals surface area contributed by atoms with E-state index in [0.717, 1.165) is 45.0 Å². The van der Waals surface area contributed by atoms with Crippen LogP contribution in [0.2, 0.25) is 0 Å². The van der Waals surface area contributed by atoms with E-state index in [9.17, 15) is 4.79 Å². The number of Topliss-reactive ketones (excluding diaryl/α,β-unsaturated/α-hetero) is 1. The van der Waals surface area contributed by atoms with Crippen molar-refractivity contribution in [1.82, 2.24) is 24.3 Å². The van der Waals surface area contributed by atoms with E-state index in [4.69, 9.17) is 9.26 Å². The molecule has 0 bridgehead atoms. The van der Waals surface area contributed by atoms with Gasteiger partial charge in [0.15, 0.2) is 22.4 Å². The van der Waals surface area contributed by atoms with Gasteiger partial charge in [0.1, 0.15) is 11.5 Å². The number of fused-ring (bicyclic) bond motifs is 3. The molecule has 0 unspecified atom stereocenters. The van der Waals surface area contributed by atoms with Gasteiger partial charge in [0, 0.05) is 34.5 Å². The van der Waals surface area contributed by atoms with Crippen molar-refractivity contribution in [3.63, 3.8) is 0 Å². The molecular formula is C24H23N5O3S. The lowest BCUT2D eigenvalue weighted by Crippen LogP contribution is -2.06. The number of rotatable bonds is 6. The minimum atomic E-state index is 0.0188. The van der Waals surface area contributed by atoms with Crippen LogP contribution in [-0.4, -0.2) is 43.0 Å². The highest BCUT2D eigenvalue weighted by Crippen LogP contribution is 2.29. The Labute approximate surface area is 194 Å². The molecule has 1 aromatic carbocycles. The zero-order valence-corrected chi connectivity index (χ0v) is 19.9. The van der Waals surface area contributed by atoms with Crippen molar-refractivity contribution in [3.8, 4) is 11.6 Å². The number of ketones is 1. The smallest absolute Gasteiger partial charge is 0.196 e. The zero-order valence-electron chi connectivity index (χ0n) is 19.0. The second-order valence-corrected chi connectivity index (χ2v) is 8.96. The van der Waals surface area contributed by atoms with Crippen molar-refractivity contribution >= 4 is 34.1 Å². The summed E-state index contributed by atoms with van der Waals surface area (Å²) >= 11 is 1.37. The molecule has 5 aromatic rings. The number of thioether (sulfide) groups is 1. The Morgan fingerprint density at radius 3 is 2.64 bits per heavy atom. The fraction of sp³-hybridized carbons (Fsp3) is 0.250. The first-order valence-corrected chi connectivity index (χ1v) is 11.5. The molecule has 0 amide bonds. The zero-order chi connectivity index (χ0) is 23.3. The summed E-state index contributed by atoms with van der Waals surface area (Å²) in [6, 6.07) is 11.7. The fourth-order valence-corrected chi connectivity index (χ4v) is 5.02. The Balaban J connectivity index is 1.47. The molecule has 5 rings (SSSR count). The van der Waals surface area contributed by atoms with E-state index in [2.05, 4.69) is 15.4 Å². The third-order valence-corrected chi connectivity index (χ3v) is 6.71. The second kappa shape index (κ2) is 8.08. The summed E-state index contributed by atoms with van der Waals surface area (Å²) < 4.78 is 14.5. The lowest BCUT2D eigenvalue weighted by molar-refractivity contribution is 0.102. The lowest BCUT2D eigenvalue weighted by atomic mass is 10.1. The van der Waals surface area contributed by atoms with Crippen LogP contribution in [0.3, 0.4) is 0 Å². The van der Waals surface area contributed by atoms with Gasteiger partial charge < -0.3 is 9.26 Å². The van der Waals surface area contributed by atoms with E-state index in [1.165, 1.54) is 11.8 Å². The molecular weight excluding hydrogens is 438 g/mol. The Morgan fingerprint density at radius 2 is 1.91 bits per heavy atom. The van der Waals surface area contributed by atoms with E-state index in [1.54, 1.807) is 7.11 Å². The van der Waals surface area contributed by atoms with Gasteiger partial charge in [0.2, 0.25) is 0 Å². The average molecular weight is 462 g/mol. The highest BCUT2D eigenvalue weighted by atomic mass is 32.2. The minimum absolute atomic E-state index is 0.0188. The van der Waals surface area contributed by atoms with Gasteiger partial charge in [0.05, 0.1) is 18.4 Å². The number of nitrogens with zero attached hydrogens (tertiary/aromatic N) is 5. The molecule has 0 atom stereocenters. The van der Waals surface area contributed by atoms with Gasteiger partial charge in [-0.05, 0) is 57.5 Å². The van der Waals surface area contributed by atoms with Gasteiger partial charge >= 0.3 is 0 Å². The molecule has 0 saturated heterocycles. The van der Waals surface area contributed by atoms with Gasteiger partial charge in [-0.25, -0.2) is 0 Å². The Kier molecular flexibility index (Phi) is 5.20. The van der Waals surface area contributed by atoms with E-state index in [0.29, 0.717) is 16.5 Å². The molecule has 0 aliphatic carbocycles. The summed E-state index contributed by atoms with van der Waals surface area (Å²) in [5, 5.41) is 14.5. The summed E-state index contributed by atoms with van der Waals surface area (Å²) in [6.07, 6.45) is 0. The van der Waals surface area contributed by atoms with Crippen LogP contribution in [0.1, 0.15) is 33.1 Å². The first-order valence-electron chi connectivity index (χ1n) is 10.5. The van der Waals surface area contributed by atoms with Crippen LogP contribution in [0.25, 0.3) is 22.4 Å². The van der Waals surface area contributed by atoms with E-state index in [1.807, 2.05) is 73.1 Å². The van der Waals surface area contributed by atoms with Crippen LogP contribution in [-0.2, 0) is 0 Å². The topological polar surface area (TPSA) is 87.5 Å². The molecule has 0 spiro atoms. The van der Waals surface area contributed by atoms with Crippen LogP contribution in [0, 0.1) is 27.7 Å². The van der Waals surface area contributed by atoms with Crippen molar-refractivity contribution in [2.45, 2.75) is 32.9 Å². The second-order valence-electron chi connectivity index (χ2n) is 8.01. The third kappa shape index (κ3) is 3.58. The number of carbonyl (C=O) groups excluding carboxylic acids is 1. The van der Waals surface area contributed by atoms with E-state index >= 15 is 0 Å². The summed E-state index contributed by atoms with van der Waals surface area (Å²) in [7, 11) is 1.64. The number of carbonyl (C=O) groups is 1. The first-order chi connectivity index (χ1) is 15.9. The number of methoxy groups -OCH3 is 1. The quantitative estimate of drug-likeness (QED) is 0.263. The maximum Gasteiger partial charge on any atom is 0.196 e. The molecule has 0 radical (unpaired) electrons. The molecule has 4 heterocycles. The minimum Gasteiger partial charge on any atom is -0.497 e. The van der Waals surface area contributed by atoms with Gasteiger partial charge in [-0.1, -0.05) is 16.9 Å². The Hall–Kier alpha value is -3.59. The van der Waals surface area contributed by atoms with Crippen molar-refractivity contribution in [2.24, 2.45) is 0 Å². The largest absolute Gasteiger partial charge is 0.497 e. The number of benzene rings is 1. The predicted molar refractivity (Wildman–Crippen MR) is 127 cm³/mol. The van der Waals surface area contributed by atoms with Gasteiger partial charge in [0.25, 0.3) is 0 Å². The number of pyridine rings is 1. The molecule has 9 heteroatoms. The maximum atomic E-state index is 13.2. The highest BCUT2D eigenvalue weighted by Gasteiger charge is 2.20. The summed E-state index contributed by atoms with van der Waals surface area (Å²) in [5.41, 5.74) is 5.22. The molecule has 168 valence electrons. The normalized spacial score (nSPS) is 11.5. The van der Waals surface area contributed by atoms with Crippen molar-refractivity contribution in [1.29, 1.82) is 0 Å². The summed E-state index contributed by atoms with van der Waals surface area (Å²) in [4.78, 5) is 13.2. The van der Waals surface area contributed by atoms with Crippen molar-refractivity contribution in [3.05, 3.63) is 64.7 Å². The number of aromatic nitrogens is 5. The number of hydrogen-bond acceptors (Lipinski definition) is 7. The summed E-state index contributed by atoms with van der Waals surface area (Å²) in [5.74, 6) is 2.41. The Morgan fingerprint density at radius 1 is 1.09 bits per heavy atom. The standard InChI is InChI=1S/C24H23N5O3S/c1-13-8-22-25-26-24(29(22)20-11-17(31-5)6-7-18(13)20)33-12-21(30)19-9-14(2)28(16(19)4)23-10-15(3)32-27-23/h6-11H,12H2,1-5H3. The highest BCUT2D eigenvalue weighted by molar-refractivity contribution is 7.99. The van der Waals surface area contributed by atoms with Gasteiger partial charge in [-0.15, -0.1) is 10.2 Å². The van der Waals surface area contributed by atoms with Gasteiger partial charge in [-0.3, -0.25) is 13.8 Å². The van der Waals surface area contributed by atoms with Crippen LogP contribution >= 0.6 is 11.8 Å². The van der Waals surface area contributed by atoms with Crippen LogP contribution < -0.4 is 4.74 Å². The average Bonchev–Trinajstić information content (AvgIpc) is 3.48. The van der Waals surface area contributed by atoms with Gasteiger partial charge in [-0.2, -0.15) is 0 Å². The Bertz CT molecular complexity index is 1530. The van der Waals surface area contributed by atoms with Crippen LogP contribution in [0.5, 0.6) is 5.75 Å². The number of hydrogen-bond donors (Lipinski definition) is 0. The molecule has 33 heavy (non-hydrogen) atoms. The molecule has 0 saturated carbocycles. The first kappa shape index (κ1) is 21.3. The molecule has 0 aliphatic heterocycles. The molecule has 8 nitrogen and oxygen atoms in total. The summed E-state index contributed by atoms with van der Waals surface area (Å²) in [6.45, 7) is 7.77. The van der Waals surface area contributed by atoms with Crippen LogP contribution in [0.15, 0.2) is 46.1 Å². The molecule has 0 aliphatic rings. The van der Waals surface area contributed by atoms with Crippen molar-refractivity contribution in [2.75, 3.05) is 12.9 Å². The molecule has 4 aromatic heterocycles. The monoisotopic (exact) mass is 461 g/mol. The molecule has 0 N–H and O–H groups in total. The van der Waals surface area contributed by atoms with Crippen molar-refractivity contribution < 1.29 is 14.1 Å². The lowest BCUT2D eigenvalue weighted by Gasteiger charge is -2.09.